The fourth-order valence-electron chi connectivity index (χ4n) is 3.71. The van der Waals surface area contributed by atoms with Gasteiger partial charge in [0.25, 0.3) is 11.5 Å². The molecule has 12 heteroatoms. The highest BCUT2D eigenvalue weighted by Crippen LogP contribution is 2.26. The Kier molecular flexibility index (Phi) is 7.54. The second kappa shape index (κ2) is 10.2. The van der Waals surface area contributed by atoms with Gasteiger partial charge >= 0.3 is 11.8 Å². The van der Waals surface area contributed by atoms with Crippen molar-refractivity contribution in [3.05, 3.63) is 57.0 Å². The predicted octanol–water partition coefficient (Wildman–Crippen LogP) is 0.505. The molecule has 1 unspecified atom stereocenters. The molecule has 2 aromatic rings. The fourth-order valence-corrected chi connectivity index (χ4v) is 3.71. The van der Waals surface area contributed by atoms with E-state index in [1.807, 2.05) is 0 Å². The average molecular weight is 490 g/mol. The molecule has 11 nitrogen and oxygen atoms in total. The normalized spacial score (nSPS) is 17.2. The number of hydrogen-bond acceptors (Lipinski definition) is 7. The maximum Gasteiger partial charge on any atom is 0.312 e. The molecule has 1 aromatic carbocycles. The zero-order valence-electron chi connectivity index (χ0n) is 20.2. The summed E-state index contributed by atoms with van der Waals surface area (Å²) in [5.74, 6) is -3.71. The first-order chi connectivity index (χ1) is 16.4. The molecule has 188 valence electrons. The standard InChI is InChI=1S/C23H28FN5O6/c1-12-8-14(6-7-15(12)24)9-25-20(31)17-18(30)21(32)29-13(2)10-35-11-16(19(29)26-17)28(5)23(34)22(33)27(3)4/h6-8,13,16,30H,9-11H2,1-5H3,(H,25,31)/t13-,16?/m1/s1. The van der Waals surface area contributed by atoms with E-state index >= 15 is 0 Å². The van der Waals surface area contributed by atoms with Crippen LogP contribution in [0.3, 0.4) is 0 Å². The zero-order chi connectivity index (χ0) is 26.0. The van der Waals surface area contributed by atoms with Gasteiger partial charge in [0.05, 0.1) is 19.3 Å². The van der Waals surface area contributed by atoms with Gasteiger partial charge in [-0.3, -0.25) is 23.7 Å². The number of rotatable bonds is 4. The molecule has 0 fully saturated rings. The lowest BCUT2D eigenvalue weighted by Crippen LogP contribution is -2.44. The summed E-state index contributed by atoms with van der Waals surface area (Å²) in [4.78, 5) is 57.3. The molecule has 35 heavy (non-hydrogen) atoms. The van der Waals surface area contributed by atoms with Gasteiger partial charge < -0.3 is 25.0 Å². The van der Waals surface area contributed by atoms with Crippen LogP contribution in [0.1, 0.15) is 46.4 Å². The van der Waals surface area contributed by atoms with E-state index in [9.17, 15) is 28.7 Å². The van der Waals surface area contributed by atoms with Crippen molar-refractivity contribution in [1.82, 2.24) is 24.7 Å². The quantitative estimate of drug-likeness (QED) is 0.598. The van der Waals surface area contributed by atoms with Crippen LogP contribution in [0.5, 0.6) is 5.75 Å². The van der Waals surface area contributed by atoms with E-state index in [2.05, 4.69) is 10.3 Å². The smallest absolute Gasteiger partial charge is 0.312 e. The molecule has 1 aliphatic heterocycles. The predicted molar refractivity (Wildman–Crippen MR) is 122 cm³/mol. The Morgan fingerprint density at radius 2 is 1.91 bits per heavy atom. The van der Waals surface area contributed by atoms with Gasteiger partial charge in [-0.05, 0) is 31.0 Å². The number of nitrogens with one attached hydrogen (secondary N) is 1. The molecular formula is C23H28FN5O6. The number of fused-ring (bicyclic) bond motifs is 1. The summed E-state index contributed by atoms with van der Waals surface area (Å²) >= 11 is 0. The Bertz CT molecular complexity index is 1230. The first-order valence-corrected chi connectivity index (χ1v) is 10.9. The highest BCUT2D eigenvalue weighted by molar-refractivity contribution is 6.34. The number of likely N-dealkylation sites (N-methyl/N-ethyl adjacent to an activating group) is 2. The summed E-state index contributed by atoms with van der Waals surface area (Å²) in [5, 5.41) is 13.1. The van der Waals surface area contributed by atoms with Crippen LogP contribution in [0.15, 0.2) is 23.0 Å². The minimum absolute atomic E-state index is 0.00183. The minimum Gasteiger partial charge on any atom is -0.501 e. The van der Waals surface area contributed by atoms with Crippen LogP contribution in [0.25, 0.3) is 0 Å². The molecule has 0 spiro atoms. The number of ether oxygens (including phenoxy) is 1. The van der Waals surface area contributed by atoms with E-state index in [0.29, 0.717) is 11.1 Å². The number of aromatic hydroxyl groups is 1. The summed E-state index contributed by atoms with van der Waals surface area (Å²) < 4.78 is 20.3. The summed E-state index contributed by atoms with van der Waals surface area (Å²) in [6.45, 7) is 3.25. The van der Waals surface area contributed by atoms with Gasteiger partial charge in [0.1, 0.15) is 17.7 Å². The van der Waals surface area contributed by atoms with E-state index in [1.54, 1.807) is 19.9 Å². The number of nitrogens with zero attached hydrogens (tertiary/aromatic N) is 4. The number of hydrogen-bond donors (Lipinski definition) is 2. The van der Waals surface area contributed by atoms with E-state index < -0.39 is 46.8 Å². The molecule has 2 heterocycles. The van der Waals surface area contributed by atoms with Gasteiger partial charge in [0.15, 0.2) is 5.69 Å². The van der Waals surface area contributed by atoms with Crippen molar-refractivity contribution in [2.24, 2.45) is 0 Å². The van der Waals surface area contributed by atoms with Crippen molar-refractivity contribution in [3.8, 4) is 5.75 Å². The lowest BCUT2D eigenvalue weighted by Gasteiger charge is -2.28. The third-order valence-electron chi connectivity index (χ3n) is 5.76. The third-order valence-corrected chi connectivity index (χ3v) is 5.76. The number of halogens is 1. The van der Waals surface area contributed by atoms with E-state index in [1.165, 1.54) is 33.3 Å². The van der Waals surface area contributed by atoms with Crippen molar-refractivity contribution in [2.75, 3.05) is 34.4 Å². The average Bonchev–Trinajstić information content (AvgIpc) is 2.98. The summed E-state index contributed by atoms with van der Waals surface area (Å²) in [5.41, 5.74) is -0.395. The van der Waals surface area contributed by atoms with Gasteiger partial charge in [-0.25, -0.2) is 9.37 Å². The van der Waals surface area contributed by atoms with Crippen LogP contribution in [-0.4, -0.2) is 76.5 Å². The van der Waals surface area contributed by atoms with Crippen LogP contribution in [0.2, 0.25) is 0 Å². The maximum atomic E-state index is 13.5. The van der Waals surface area contributed by atoms with Gasteiger partial charge in [0, 0.05) is 27.7 Å². The van der Waals surface area contributed by atoms with E-state index in [-0.39, 0.29) is 31.4 Å². The first kappa shape index (κ1) is 25.8. The van der Waals surface area contributed by atoms with Gasteiger partial charge in [-0.1, -0.05) is 12.1 Å². The van der Waals surface area contributed by atoms with E-state index in [4.69, 9.17) is 4.74 Å². The second-order valence-electron chi connectivity index (χ2n) is 8.63. The largest absolute Gasteiger partial charge is 0.501 e. The number of carbonyl (C=O) groups is 3. The van der Waals surface area contributed by atoms with Gasteiger partial charge in [-0.15, -0.1) is 0 Å². The van der Waals surface area contributed by atoms with Crippen molar-refractivity contribution >= 4 is 17.7 Å². The van der Waals surface area contributed by atoms with Crippen molar-refractivity contribution in [1.29, 1.82) is 0 Å². The lowest BCUT2D eigenvalue weighted by molar-refractivity contribution is -0.151. The Balaban J connectivity index is 1.99. The van der Waals surface area contributed by atoms with Gasteiger partial charge in [0.2, 0.25) is 5.75 Å². The van der Waals surface area contributed by atoms with Crippen LogP contribution in [0, 0.1) is 12.7 Å². The summed E-state index contributed by atoms with van der Waals surface area (Å²) in [6, 6.07) is 2.80. The van der Waals surface area contributed by atoms with Crippen LogP contribution in [0.4, 0.5) is 4.39 Å². The molecule has 0 aliphatic carbocycles. The number of aromatic nitrogens is 2. The zero-order valence-corrected chi connectivity index (χ0v) is 20.2. The molecule has 1 aromatic heterocycles. The molecule has 2 atom stereocenters. The maximum absolute atomic E-state index is 13.5. The van der Waals surface area contributed by atoms with Crippen LogP contribution >= 0.6 is 0 Å². The highest BCUT2D eigenvalue weighted by Gasteiger charge is 2.36. The SMILES string of the molecule is Cc1cc(CNC(=O)c2nc3n(c(=O)c2O)[C@H](C)COCC3N(C)C(=O)C(=O)N(C)C)ccc1F. The number of aryl methyl sites for hydroxylation is 1. The Labute approximate surface area is 201 Å². The molecule has 3 rings (SSSR count). The minimum atomic E-state index is -0.976. The molecule has 0 saturated heterocycles. The monoisotopic (exact) mass is 489 g/mol. The Morgan fingerprint density at radius 1 is 1.23 bits per heavy atom. The first-order valence-electron chi connectivity index (χ1n) is 10.9. The molecule has 2 N–H and O–H groups in total. The number of carbonyl (C=O) groups excluding carboxylic acids is 3. The summed E-state index contributed by atoms with van der Waals surface area (Å²) in [6.07, 6.45) is 0. The third kappa shape index (κ3) is 5.16. The molecule has 0 radical (unpaired) electrons. The second-order valence-corrected chi connectivity index (χ2v) is 8.63. The number of benzene rings is 1. The lowest BCUT2D eigenvalue weighted by atomic mass is 10.1. The summed E-state index contributed by atoms with van der Waals surface area (Å²) in [7, 11) is 4.23. The number of amides is 3. The molecule has 1 aliphatic rings. The highest BCUT2D eigenvalue weighted by atomic mass is 19.1. The molecular weight excluding hydrogens is 461 g/mol. The molecule has 3 amide bonds. The van der Waals surface area contributed by atoms with Crippen LogP contribution in [-0.2, 0) is 20.9 Å². The van der Waals surface area contributed by atoms with Crippen molar-refractivity contribution in [3.63, 3.8) is 0 Å². The van der Waals surface area contributed by atoms with Gasteiger partial charge in [-0.2, -0.15) is 0 Å². The van der Waals surface area contributed by atoms with Crippen molar-refractivity contribution in [2.45, 2.75) is 32.5 Å². The topological polar surface area (TPSA) is 134 Å². The molecule has 0 saturated carbocycles. The Morgan fingerprint density at radius 3 is 2.54 bits per heavy atom. The molecule has 0 bridgehead atoms. The Hall–Kier alpha value is -3.80. The fraction of sp³-hybridized carbons (Fsp3) is 0.435. The van der Waals surface area contributed by atoms with Crippen LogP contribution < -0.4 is 10.9 Å². The van der Waals surface area contributed by atoms with E-state index in [0.717, 1.165) is 14.4 Å². The van der Waals surface area contributed by atoms with Crippen molar-refractivity contribution < 1.29 is 28.6 Å².